The lowest BCUT2D eigenvalue weighted by atomic mass is 10.0. The largest absolute Gasteiger partial charge is 0.493 e. The predicted octanol–water partition coefficient (Wildman–Crippen LogP) is 4.41. The fraction of sp³-hybridized carbons (Fsp3) is 0.500. The van der Waals surface area contributed by atoms with Gasteiger partial charge in [0, 0.05) is 32.9 Å². The molecule has 1 aromatic carbocycles. The van der Waals surface area contributed by atoms with Crippen molar-refractivity contribution in [3.05, 3.63) is 22.6 Å². The number of hydrogen-bond acceptors (Lipinski definition) is 5. The van der Waals surface area contributed by atoms with E-state index < -0.39 is 0 Å². The molecule has 5 heteroatoms. The van der Waals surface area contributed by atoms with E-state index in [1.165, 1.54) is 9.81 Å². The number of rotatable bonds is 3. The first kappa shape index (κ1) is 15.0. The van der Waals surface area contributed by atoms with Crippen molar-refractivity contribution >= 4 is 28.4 Å². The minimum atomic E-state index is -0.279. The van der Waals surface area contributed by atoms with Gasteiger partial charge in [-0.05, 0) is 26.8 Å². The Morgan fingerprint density at radius 2 is 1.95 bits per heavy atom. The summed E-state index contributed by atoms with van der Waals surface area (Å²) in [6.07, 6.45) is 0. The number of hydrogen-bond donors (Lipinski definition) is 0. The summed E-state index contributed by atoms with van der Waals surface area (Å²) in [7, 11) is 1.68. The van der Waals surface area contributed by atoms with Crippen LogP contribution in [0.3, 0.4) is 0 Å². The van der Waals surface area contributed by atoms with Crippen LogP contribution in [0.15, 0.2) is 17.0 Å². The maximum absolute atomic E-state index is 6.25. The van der Waals surface area contributed by atoms with Crippen LogP contribution in [0.5, 0.6) is 17.2 Å². The highest BCUT2D eigenvalue weighted by Crippen LogP contribution is 2.54. The number of fused-ring (bicyclic) bond motifs is 2. The van der Waals surface area contributed by atoms with Crippen molar-refractivity contribution in [1.82, 2.24) is 0 Å². The fourth-order valence-electron chi connectivity index (χ4n) is 2.62. The van der Waals surface area contributed by atoms with Crippen LogP contribution in [-0.4, -0.2) is 30.8 Å². The zero-order valence-corrected chi connectivity index (χ0v) is 14.5. The lowest BCUT2D eigenvalue weighted by Crippen LogP contribution is -2.34. The van der Waals surface area contributed by atoms with Gasteiger partial charge in [-0.3, -0.25) is 0 Å². The average molecular weight is 324 g/mol. The predicted molar refractivity (Wildman–Crippen MR) is 90.7 cm³/mol. The van der Waals surface area contributed by atoms with Crippen molar-refractivity contribution < 1.29 is 14.2 Å². The van der Waals surface area contributed by atoms with Gasteiger partial charge in [0.15, 0.2) is 11.5 Å². The average Bonchev–Trinajstić information content (AvgIpc) is 2.47. The van der Waals surface area contributed by atoms with Crippen LogP contribution in [0.1, 0.15) is 26.3 Å². The molecule has 2 aliphatic rings. The summed E-state index contributed by atoms with van der Waals surface area (Å²) in [6, 6.07) is 4.01. The molecule has 0 radical (unpaired) electrons. The molecule has 0 spiro atoms. The molecule has 0 saturated carbocycles. The highest BCUT2D eigenvalue weighted by molar-refractivity contribution is 8.13. The monoisotopic (exact) mass is 324 g/mol. The Morgan fingerprint density at radius 3 is 2.67 bits per heavy atom. The van der Waals surface area contributed by atoms with Gasteiger partial charge in [0.2, 0.25) is 0 Å². The second kappa shape index (κ2) is 5.69. The zero-order chi connectivity index (χ0) is 15.0. The first-order valence-electron chi connectivity index (χ1n) is 7.11. The third-order valence-electron chi connectivity index (χ3n) is 3.50. The van der Waals surface area contributed by atoms with E-state index in [4.69, 9.17) is 14.2 Å². The molecule has 2 aliphatic heterocycles. The molecule has 1 aromatic rings. The summed E-state index contributed by atoms with van der Waals surface area (Å²) >= 11 is 3.82. The summed E-state index contributed by atoms with van der Waals surface area (Å²) in [4.78, 5) is 2.66. The molecule has 0 fully saturated rings. The van der Waals surface area contributed by atoms with E-state index in [-0.39, 0.29) is 5.60 Å². The van der Waals surface area contributed by atoms with Crippen LogP contribution in [-0.2, 0) is 0 Å². The topological polar surface area (TPSA) is 27.7 Å². The second-order valence-electron chi connectivity index (χ2n) is 5.40. The van der Waals surface area contributed by atoms with Crippen LogP contribution < -0.4 is 14.2 Å². The molecule has 0 amide bonds. The summed E-state index contributed by atoms with van der Waals surface area (Å²) in [5, 5.41) is 0. The number of methoxy groups -OCH3 is 1. The van der Waals surface area contributed by atoms with E-state index in [0.29, 0.717) is 6.61 Å². The third-order valence-corrected chi connectivity index (χ3v) is 6.41. The Bertz CT molecular complexity index is 593. The SMILES string of the molecule is CCOc1cc2c(cc1OC)C1=C(SCCS1)C(C)(C)O2. The van der Waals surface area contributed by atoms with Gasteiger partial charge in [0.1, 0.15) is 11.4 Å². The van der Waals surface area contributed by atoms with E-state index in [1.54, 1.807) is 7.11 Å². The Hall–Kier alpha value is -0.940. The molecule has 0 unspecified atom stereocenters. The Morgan fingerprint density at radius 1 is 1.19 bits per heavy atom. The molecule has 2 heterocycles. The molecule has 0 aliphatic carbocycles. The van der Waals surface area contributed by atoms with Gasteiger partial charge in [-0.25, -0.2) is 0 Å². The molecule has 0 atom stereocenters. The van der Waals surface area contributed by atoms with Crippen molar-refractivity contribution in [3.8, 4) is 17.2 Å². The van der Waals surface area contributed by atoms with Crippen LogP contribution in [0, 0.1) is 0 Å². The Kier molecular flexibility index (Phi) is 4.06. The van der Waals surface area contributed by atoms with Crippen LogP contribution >= 0.6 is 23.5 Å². The van der Waals surface area contributed by atoms with E-state index in [9.17, 15) is 0 Å². The Balaban J connectivity index is 2.15. The normalized spacial score (nSPS) is 19.4. The zero-order valence-electron chi connectivity index (χ0n) is 12.8. The third kappa shape index (κ3) is 2.61. The maximum Gasteiger partial charge on any atom is 0.164 e. The van der Waals surface area contributed by atoms with Gasteiger partial charge in [0.05, 0.1) is 13.7 Å². The second-order valence-corrected chi connectivity index (χ2v) is 7.61. The van der Waals surface area contributed by atoms with Crippen LogP contribution in [0.4, 0.5) is 0 Å². The van der Waals surface area contributed by atoms with Gasteiger partial charge in [-0.15, -0.1) is 23.5 Å². The molecular weight excluding hydrogens is 304 g/mol. The minimum absolute atomic E-state index is 0.279. The minimum Gasteiger partial charge on any atom is -0.493 e. The highest BCUT2D eigenvalue weighted by atomic mass is 32.2. The molecule has 21 heavy (non-hydrogen) atoms. The molecule has 3 nitrogen and oxygen atoms in total. The summed E-state index contributed by atoms with van der Waals surface area (Å²) in [6.45, 7) is 6.85. The van der Waals surface area contributed by atoms with Crippen LogP contribution in [0.2, 0.25) is 0 Å². The van der Waals surface area contributed by atoms with E-state index in [2.05, 4.69) is 13.8 Å². The first-order chi connectivity index (χ1) is 10.1. The van der Waals surface area contributed by atoms with Gasteiger partial charge < -0.3 is 14.2 Å². The number of benzene rings is 1. The molecule has 0 N–H and O–H groups in total. The van der Waals surface area contributed by atoms with Crippen molar-refractivity contribution in [2.24, 2.45) is 0 Å². The van der Waals surface area contributed by atoms with Gasteiger partial charge in [0.25, 0.3) is 0 Å². The maximum atomic E-state index is 6.25. The number of thioether (sulfide) groups is 2. The van der Waals surface area contributed by atoms with Crippen LogP contribution in [0.25, 0.3) is 4.91 Å². The molecule has 3 rings (SSSR count). The van der Waals surface area contributed by atoms with E-state index in [0.717, 1.165) is 34.3 Å². The summed E-state index contributed by atoms with van der Waals surface area (Å²) in [5.41, 5.74) is 0.847. The molecule has 0 bridgehead atoms. The molecule has 0 saturated heterocycles. The standard InChI is InChI=1S/C16H20O3S2/c1-5-18-13-9-11-10(8-12(13)17-4)14-15(16(2,3)19-11)21-7-6-20-14/h8-9H,5-7H2,1-4H3. The molecule has 0 aromatic heterocycles. The lowest BCUT2D eigenvalue weighted by Gasteiger charge is -2.38. The van der Waals surface area contributed by atoms with Gasteiger partial charge in [-0.1, -0.05) is 0 Å². The van der Waals surface area contributed by atoms with Crippen molar-refractivity contribution in [2.45, 2.75) is 26.4 Å². The first-order valence-corrected chi connectivity index (χ1v) is 9.08. The van der Waals surface area contributed by atoms with E-state index >= 15 is 0 Å². The molecule has 114 valence electrons. The van der Waals surface area contributed by atoms with E-state index in [1.807, 2.05) is 42.6 Å². The van der Waals surface area contributed by atoms with Crippen molar-refractivity contribution in [2.75, 3.05) is 25.2 Å². The molecular formula is C16H20O3S2. The summed E-state index contributed by atoms with van der Waals surface area (Å²) in [5.74, 6) is 4.67. The number of ether oxygens (including phenoxy) is 3. The summed E-state index contributed by atoms with van der Waals surface area (Å²) < 4.78 is 17.4. The van der Waals surface area contributed by atoms with Gasteiger partial charge in [-0.2, -0.15) is 0 Å². The smallest absolute Gasteiger partial charge is 0.164 e. The van der Waals surface area contributed by atoms with Crippen molar-refractivity contribution in [1.29, 1.82) is 0 Å². The highest BCUT2D eigenvalue weighted by Gasteiger charge is 2.37. The van der Waals surface area contributed by atoms with Crippen molar-refractivity contribution in [3.63, 3.8) is 0 Å². The Labute approximate surface area is 134 Å². The quantitative estimate of drug-likeness (QED) is 0.821. The lowest BCUT2D eigenvalue weighted by molar-refractivity contribution is 0.153. The fourth-order valence-corrected chi connectivity index (χ4v) is 5.37. The van der Waals surface area contributed by atoms with Gasteiger partial charge >= 0.3 is 0 Å².